The third-order valence-corrected chi connectivity index (χ3v) is 6.34. The van der Waals surface area contributed by atoms with Crippen LogP contribution in [-0.2, 0) is 16.0 Å². The highest BCUT2D eigenvalue weighted by molar-refractivity contribution is 7.22. The van der Waals surface area contributed by atoms with Gasteiger partial charge in [-0.15, -0.1) is 11.3 Å². The smallest absolute Gasteiger partial charge is 0.234 e. The highest BCUT2D eigenvalue weighted by Gasteiger charge is 2.26. The van der Waals surface area contributed by atoms with E-state index < -0.39 is 0 Å². The molecule has 1 atom stereocenters. The molecule has 0 radical (unpaired) electrons. The fourth-order valence-electron chi connectivity index (χ4n) is 2.94. The van der Waals surface area contributed by atoms with Crippen LogP contribution >= 0.6 is 34.3 Å². The number of amides is 1. The third-order valence-electron chi connectivity index (χ3n) is 4.19. The molecule has 0 spiro atoms. The predicted octanol–water partition coefficient (Wildman–Crippen LogP) is 4.77. The van der Waals surface area contributed by atoms with E-state index in [2.05, 4.69) is 4.98 Å². The molecule has 1 aliphatic rings. The van der Waals surface area contributed by atoms with Crippen molar-refractivity contribution in [3.8, 4) is 0 Å². The molecular formula is C18H17ClN2O2S2. The molecule has 1 amide bonds. The van der Waals surface area contributed by atoms with Gasteiger partial charge in [-0.1, -0.05) is 29.0 Å². The first-order valence-corrected chi connectivity index (χ1v) is 10.3. The first kappa shape index (κ1) is 17.0. The molecule has 130 valence electrons. The van der Waals surface area contributed by atoms with Crippen molar-refractivity contribution < 1.29 is 9.53 Å². The molecule has 7 heteroatoms. The molecule has 1 fully saturated rings. The molecule has 2 aromatic heterocycles. The summed E-state index contributed by atoms with van der Waals surface area (Å²) >= 11 is 9.18. The second-order valence-corrected chi connectivity index (χ2v) is 8.48. The van der Waals surface area contributed by atoms with Crippen LogP contribution < -0.4 is 4.90 Å². The summed E-state index contributed by atoms with van der Waals surface area (Å²) in [6.45, 7) is 1.32. The van der Waals surface area contributed by atoms with Crippen LogP contribution in [0.4, 0.5) is 5.13 Å². The molecule has 25 heavy (non-hydrogen) atoms. The van der Waals surface area contributed by atoms with E-state index in [4.69, 9.17) is 16.3 Å². The summed E-state index contributed by atoms with van der Waals surface area (Å²) < 4.78 is 6.74. The molecule has 4 nitrogen and oxygen atoms in total. The minimum atomic E-state index is 0.0584. The Bertz CT molecular complexity index is 872. The Morgan fingerprint density at radius 1 is 1.40 bits per heavy atom. The summed E-state index contributed by atoms with van der Waals surface area (Å²) in [5.74, 6) is 0.0584. The molecule has 1 aromatic carbocycles. The van der Waals surface area contributed by atoms with Crippen LogP contribution in [0.1, 0.15) is 17.7 Å². The van der Waals surface area contributed by atoms with Crippen molar-refractivity contribution in [2.75, 3.05) is 18.1 Å². The van der Waals surface area contributed by atoms with Gasteiger partial charge in [0.25, 0.3) is 0 Å². The summed E-state index contributed by atoms with van der Waals surface area (Å²) in [4.78, 5) is 20.5. The molecule has 4 rings (SSSR count). The Balaban J connectivity index is 1.63. The first-order valence-electron chi connectivity index (χ1n) is 8.19. The van der Waals surface area contributed by atoms with E-state index in [1.54, 1.807) is 16.2 Å². The van der Waals surface area contributed by atoms with Crippen LogP contribution in [0.25, 0.3) is 10.2 Å². The zero-order chi connectivity index (χ0) is 17.2. The molecule has 1 aliphatic heterocycles. The predicted molar refractivity (Wildman–Crippen MR) is 104 cm³/mol. The summed E-state index contributed by atoms with van der Waals surface area (Å²) in [6.07, 6.45) is 2.51. The minimum absolute atomic E-state index is 0.0584. The number of hydrogen-bond donors (Lipinski definition) is 0. The van der Waals surface area contributed by atoms with Crippen LogP contribution in [0.5, 0.6) is 0 Å². The molecule has 3 heterocycles. The summed E-state index contributed by atoms with van der Waals surface area (Å²) in [5, 5.41) is 3.39. The molecular weight excluding hydrogens is 376 g/mol. The van der Waals surface area contributed by atoms with Gasteiger partial charge < -0.3 is 4.74 Å². The standard InChI is InChI=1S/C18H17ClN2O2S2/c19-12-5-6-15-16(9-12)25-18(20-15)21(11-13-3-1-7-23-13)17(22)10-14-4-2-8-24-14/h2,4-6,8-9,13H,1,3,7,10-11H2. The Labute approximate surface area is 159 Å². The second-order valence-electron chi connectivity index (χ2n) is 6.00. The van der Waals surface area contributed by atoms with Crippen LogP contribution in [-0.4, -0.2) is 30.1 Å². The van der Waals surface area contributed by atoms with Gasteiger partial charge in [0.15, 0.2) is 5.13 Å². The number of carbonyl (C=O) groups is 1. The number of aromatic nitrogens is 1. The lowest BCUT2D eigenvalue weighted by atomic mass is 10.2. The third kappa shape index (κ3) is 3.87. The van der Waals surface area contributed by atoms with Gasteiger partial charge in [0.05, 0.1) is 29.3 Å². The summed E-state index contributed by atoms with van der Waals surface area (Å²) in [6, 6.07) is 9.57. The highest BCUT2D eigenvalue weighted by Crippen LogP contribution is 2.32. The zero-order valence-corrected chi connectivity index (χ0v) is 15.9. The Morgan fingerprint density at radius 3 is 3.08 bits per heavy atom. The van der Waals surface area contributed by atoms with Crippen LogP contribution in [0.2, 0.25) is 5.02 Å². The largest absolute Gasteiger partial charge is 0.376 e. The average molecular weight is 393 g/mol. The number of fused-ring (bicyclic) bond motifs is 1. The lowest BCUT2D eigenvalue weighted by Gasteiger charge is -2.22. The van der Waals surface area contributed by atoms with Crippen molar-refractivity contribution in [1.29, 1.82) is 0 Å². The second kappa shape index (κ2) is 7.41. The number of thiophene rings is 1. The Morgan fingerprint density at radius 2 is 2.32 bits per heavy atom. The van der Waals surface area contributed by atoms with Gasteiger partial charge in [-0.05, 0) is 42.5 Å². The van der Waals surface area contributed by atoms with Gasteiger partial charge in [0.2, 0.25) is 5.91 Å². The molecule has 0 saturated carbocycles. The summed E-state index contributed by atoms with van der Waals surface area (Å²) in [5.41, 5.74) is 0.866. The number of rotatable bonds is 5. The number of anilines is 1. The van der Waals surface area contributed by atoms with Crippen LogP contribution in [0.3, 0.4) is 0 Å². The molecule has 1 saturated heterocycles. The van der Waals surface area contributed by atoms with Gasteiger partial charge >= 0.3 is 0 Å². The van der Waals surface area contributed by atoms with Crippen molar-refractivity contribution >= 4 is 55.5 Å². The van der Waals surface area contributed by atoms with E-state index in [1.165, 1.54) is 11.3 Å². The summed E-state index contributed by atoms with van der Waals surface area (Å²) in [7, 11) is 0. The van der Waals surface area contributed by atoms with Gasteiger partial charge in [-0.25, -0.2) is 4.98 Å². The van der Waals surface area contributed by atoms with Crippen molar-refractivity contribution in [1.82, 2.24) is 4.98 Å². The SMILES string of the molecule is O=C(Cc1cccs1)N(CC1CCCO1)c1nc2ccc(Cl)cc2s1. The maximum atomic E-state index is 13.0. The molecule has 0 bridgehead atoms. The van der Waals surface area contributed by atoms with E-state index in [-0.39, 0.29) is 12.0 Å². The van der Waals surface area contributed by atoms with E-state index in [1.807, 2.05) is 35.7 Å². The highest BCUT2D eigenvalue weighted by atomic mass is 35.5. The molecule has 0 N–H and O–H groups in total. The first-order chi connectivity index (χ1) is 12.2. The number of hydrogen-bond acceptors (Lipinski definition) is 5. The van der Waals surface area contributed by atoms with Crippen LogP contribution in [0, 0.1) is 0 Å². The lowest BCUT2D eigenvalue weighted by Crippen LogP contribution is -2.38. The molecule has 3 aromatic rings. The topological polar surface area (TPSA) is 42.4 Å². The molecule has 1 unspecified atom stereocenters. The number of halogens is 1. The normalized spacial score (nSPS) is 17.2. The van der Waals surface area contributed by atoms with Crippen molar-refractivity contribution in [3.05, 3.63) is 45.6 Å². The van der Waals surface area contributed by atoms with E-state index in [0.29, 0.717) is 23.1 Å². The zero-order valence-electron chi connectivity index (χ0n) is 13.5. The van der Waals surface area contributed by atoms with Gasteiger partial charge in [-0.2, -0.15) is 0 Å². The van der Waals surface area contributed by atoms with Gasteiger partial charge in [0, 0.05) is 16.5 Å². The van der Waals surface area contributed by atoms with E-state index in [0.717, 1.165) is 34.5 Å². The van der Waals surface area contributed by atoms with Crippen molar-refractivity contribution in [2.24, 2.45) is 0 Å². The maximum absolute atomic E-state index is 13.0. The van der Waals surface area contributed by atoms with Crippen LogP contribution in [0.15, 0.2) is 35.7 Å². The average Bonchev–Trinajstić information content (AvgIpc) is 3.33. The van der Waals surface area contributed by atoms with Crippen molar-refractivity contribution in [2.45, 2.75) is 25.4 Å². The minimum Gasteiger partial charge on any atom is -0.376 e. The molecule has 0 aliphatic carbocycles. The number of ether oxygens (including phenoxy) is 1. The number of carbonyl (C=O) groups excluding carboxylic acids is 1. The quantitative estimate of drug-likeness (QED) is 0.628. The van der Waals surface area contributed by atoms with E-state index >= 15 is 0 Å². The lowest BCUT2D eigenvalue weighted by molar-refractivity contribution is -0.118. The van der Waals surface area contributed by atoms with E-state index in [9.17, 15) is 4.79 Å². The van der Waals surface area contributed by atoms with Gasteiger partial charge in [-0.3, -0.25) is 9.69 Å². The number of thiazole rings is 1. The maximum Gasteiger partial charge on any atom is 0.234 e. The van der Waals surface area contributed by atoms with Crippen molar-refractivity contribution in [3.63, 3.8) is 0 Å². The number of nitrogens with zero attached hydrogens (tertiary/aromatic N) is 2. The Hall–Kier alpha value is -1.47. The fraction of sp³-hybridized carbons (Fsp3) is 0.333. The van der Waals surface area contributed by atoms with Gasteiger partial charge in [0.1, 0.15) is 0 Å². The monoisotopic (exact) mass is 392 g/mol. The Kier molecular flexibility index (Phi) is 5.03. The fourth-order valence-corrected chi connectivity index (χ4v) is 4.90. The number of benzene rings is 1.